The molecular weight excluding hydrogens is 651 g/mol. The van der Waals surface area contributed by atoms with Crippen LogP contribution in [0.2, 0.25) is 0 Å². The molecule has 6 rings (SSSR count). The van der Waals surface area contributed by atoms with Crippen molar-refractivity contribution in [2.45, 2.75) is 36.4 Å². The number of fused-ring (bicyclic) bond motifs is 1. The molecule has 3 N–H and O–H groups in total. The zero-order chi connectivity index (χ0) is 29.4. The average molecular weight is 680 g/mol. The molecule has 1 aliphatic rings. The molecule has 11 heteroatoms. The number of aromatic nitrogens is 4. The number of H-pyrrole nitrogens is 1. The Morgan fingerprint density at radius 2 is 1.55 bits per heavy atom. The van der Waals surface area contributed by atoms with E-state index in [1.165, 1.54) is 11.0 Å². The number of halogens is 1. The Morgan fingerprint density at radius 1 is 0.976 bits per heavy atom. The van der Waals surface area contributed by atoms with Gasteiger partial charge in [-0.15, -0.1) is 0 Å². The predicted octanol–water partition coefficient (Wildman–Crippen LogP) is 3.79. The topological polar surface area (TPSA) is 132 Å². The van der Waals surface area contributed by atoms with Crippen molar-refractivity contribution in [1.82, 2.24) is 19.7 Å². The first-order valence-corrected chi connectivity index (χ1v) is 14.4. The van der Waals surface area contributed by atoms with Crippen molar-refractivity contribution in [2.75, 3.05) is 14.2 Å². The van der Waals surface area contributed by atoms with Crippen LogP contribution in [-0.4, -0.2) is 62.5 Å². The number of nitrogens with one attached hydrogen (secondary N) is 1. The number of hydrogen-bond donors (Lipinski definition) is 3. The van der Waals surface area contributed by atoms with Gasteiger partial charge in [0, 0.05) is 6.42 Å². The van der Waals surface area contributed by atoms with E-state index >= 15 is 0 Å². The average Bonchev–Trinajstić information content (AvgIpc) is 3.58. The minimum atomic E-state index is -1.26. The maximum atomic E-state index is 12.5. The molecule has 3 heterocycles. The molecule has 0 amide bonds. The zero-order valence-electron chi connectivity index (χ0n) is 22.8. The van der Waals surface area contributed by atoms with Crippen molar-refractivity contribution in [2.24, 2.45) is 0 Å². The Morgan fingerprint density at radius 3 is 2.12 bits per heavy atom. The highest BCUT2D eigenvalue weighted by Gasteiger charge is 2.52. The maximum absolute atomic E-state index is 12.5. The normalized spacial score (nSPS) is 19.6. The summed E-state index contributed by atoms with van der Waals surface area (Å²) in [4.78, 5) is 19.3. The van der Waals surface area contributed by atoms with Crippen molar-refractivity contribution in [1.29, 1.82) is 0 Å². The monoisotopic (exact) mass is 680 g/mol. The third kappa shape index (κ3) is 4.66. The van der Waals surface area contributed by atoms with Crippen LogP contribution >= 0.6 is 22.6 Å². The fourth-order valence-electron chi connectivity index (χ4n) is 5.92. The van der Waals surface area contributed by atoms with Crippen LogP contribution in [0.1, 0.15) is 29.3 Å². The van der Waals surface area contributed by atoms with Gasteiger partial charge in [0.15, 0.2) is 11.9 Å². The van der Waals surface area contributed by atoms with Crippen molar-refractivity contribution in [3.8, 4) is 11.5 Å². The summed E-state index contributed by atoms with van der Waals surface area (Å²) in [6.45, 7) is 0. The predicted molar refractivity (Wildman–Crippen MR) is 164 cm³/mol. The summed E-state index contributed by atoms with van der Waals surface area (Å²) in [5.74, 6) is 1.34. The number of aromatic amines is 1. The van der Waals surface area contributed by atoms with E-state index in [0.717, 1.165) is 16.7 Å². The van der Waals surface area contributed by atoms with Crippen LogP contribution < -0.4 is 15.0 Å². The molecule has 2 aromatic heterocycles. The number of aliphatic hydroxyl groups is 2. The van der Waals surface area contributed by atoms with Gasteiger partial charge in [-0.2, -0.15) is 5.10 Å². The van der Waals surface area contributed by atoms with Crippen LogP contribution in [0.4, 0.5) is 0 Å². The molecule has 1 saturated heterocycles. The summed E-state index contributed by atoms with van der Waals surface area (Å²) in [6.07, 6.45) is -2.66. The summed E-state index contributed by atoms with van der Waals surface area (Å²) >= 11 is 1.98. The summed E-state index contributed by atoms with van der Waals surface area (Å²) in [6, 6.07) is 24.7. The maximum Gasteiger partial charge on any atom is 0.262 e. The number of methoxy groups -OCH3 is 2. The van der Waals surface area contributed by atoms with E-state index in [1.54, 1.807) is 14.2 Å². The Bertz CT molecular complexity index is 1690. The highest BCUT2D eigenvalue weighted by Crippen LogP contribution is 2.47. The zero-order valence-corrected chi connectivity index (χ0v) is 25.0. The minimum Gasteiger partial charge on any atom is -0.497 e. The lowest BCUT2D eigenvalue weighted by Crippen LogP contribution is -2.51. The van der Waals surface area contributed by atoms with Crippen molar-refractivity contribution >= 4 is 33.6 Å². The first-order valence-electron chi connectivity index (χ1n) is 13.4. The molecule has 0 aliphatic carbocycles. The fourth-order valence-corrected chi connectivity index (χ4v) is 6.64. The number of aliphatic hydroxyl groups excluding tert-OH is 2. The molecule has 0 spiro atoms. The van der Waals surface area contributed by atoms with Gasteiger partial charge in [-0.25, -0.2) is 9.67 Å². The lowest BCUT2D eigenvalue weighted by molar-refractivity contribution is -0.0984. The first kappa shape index (κ1) is 28.3. The number of hydrogen-bond acceptors (Lipinski definition) is 8. The second-order valence-electron chi connectivity index (χ2n) is 10.1. The van der Waals surface area contributed by atoms with E-state index in [2.05, 4.69) is 15.1 Å². The van der Waals surface area contributed by atoms with Gasteiger partial charge in [0.1, 0.15) is 32.8 Å². The van der Waals surface area contributed by atoms with E-state index in [-0.39, 0.29) is 12.0 Å². The lowest BCUT2D eigenvalue weighted by Gasteiger charge is -2.42. The molecule has 216 valence electrons. The summed E-state index contributed by atoms with van der Waals surface area (Å²) in [5, 5.41) is 28.8. The van der Waals surface area contributed by atoms with Gasteiger partial charge in [-0.1, -0.05) is 54.6 Å². The van der Waals surface area contributed by atoms with Crippen LogP contribution in [0.15, 0.2) is 90.0 Å². The highest BCUT2D eigenvalue weighted by atomic mass is 127. The van der Waals surface area contributed by atoms with Crippen LogP contribution in [0, 0.1) is 3.70 Å². The molecular formula is C31H29IN4O6. The highest BCUT2D eigenvalue weighted by molar-refractivity contribution is 14.1. The molecule has 0 saturated carbocycles. The molecule has 1 aliphatic heterocycles. The van der Waals surface area contributed by atoms with Crippen molar-refractivity contribution < 1.29 is 24.4 Å². The Hall–Kier alpha value is -3.78. The Kier molecular flexibility index (Phi) is 7.75. The molecule has 5 aromatic rings. The third-order valence-corrected chi connectivity index (χ3v) is 8.69. The van der Waals surface area contributed by atoms with Gasteiger partial charge >= 0.3 is 0 Å². The van der Waals surface area contributed by atoms with Gasteiger partial charge in [-0.05, 0) is 63.5 Å². The largest absolute Gasteiger partial charge is 0.497 e. The fraction of sp³-hybridized carbons (Fsp3) is 0.258. The Balaban J connectivity index is 1.50. The second kappa shape index (κ2) is 11.5. The minimum absolute atomic E-state index is 0.138. The molecule has 10 nitrogen and oxygen atoms in total. The van der Waals surface area contributed by atoms with E-state index in [1.807, 2.05) is 101 Å². The van der Waals surface area contributed by atoms with Crippen LogP contribution in [0.25, 0.3) is 11.0 Å². The summed E-state index contributed by atoms with van der Waals surface area (Å²) in [5.41, 5.74) is 1.22. The van der Waals surface area contributed by atoms with E-state index < -0.39 is 30.0 Å². The van der Waals surface area contributed by atoms with Gasteiger partial charge < -0.3 is 29.4 Å². The van der Waals surface area contributed by atoms with Crippen molar-refractivity contribution in [3.05, 3.63) is 116 Å². The molecule has 1 unspecified atom stereocenters. The van der Waals surface area contributed by atoms with Gasteiger partial charge in [-0.3, -0.25) is 4.79 Å². The van der Waals surface area contributed by atoms with Crippen LogP contribution in [0.5, 0.6) is 11.5 Å². The number of benzene rings is 3. The lowest BCUT2D eigenvalue weighted by atomic mass is 9.64. The standard InChI is InChI=1S/C31H29IN4O6/c1-40-21-12-8-19(9-13-21)31(18-6-4-3-5-7-18,20-10-14-22(41-2)15-11-20)27(38)26-23(37)16-24(42-26)36-29-25(28(32)35-36)30(39)34-17-33-29/h3-15,17,23-24,26-27,37-38H,16H2,1-2H3,(H,33,34,39)/t23-,24+,26-,27?/m0/s1. The number of rotatable bonds is 8. The quantitative estimate of drug-likeness (QED) is 0.167. The van der Waals surface area contributed by atoms with Gasteiger partial charge in [0.2, 0.25) is 0 Å². The number of nitrogens with zero attached hydrogens (tertiary/aromatic N) is 3. The van der Waals surface area contributed by atoms with E-state index in [4.69, 9.17) is 14.2 Å². The third-order valence-electron chi connectivity index (χ3n) is 7.94. The van der Waals surface area contributed by atoms with Crippen molar-refractivity contribution in [3.63, 3.8) is 0 Å². The number of ether oxygens (including phenoxy) is 3. The Labute approximate surface area is 255 Å². The molecule has 42 heavy (non-hydrogen) atoms. The van der Waals surface area contributed by atoms with Crippen LogP contribution in [0.3, 0.4) is 0 Å². The summed E-state index contributed by atoms with van der Waals surface area (Å²) < 4.78 is 19.3. The van der Waals surface area contributed by atoms with Crippen LogP contribution in [-0.2, 0) is 10.2 Å². The molecule has 3 aromatic carbocycles. The molecule has 4 atom stereocenters. The SMILES string of the molecule is COc1ccc(C(c2ccccc2)(c2ccc(OC)cc2)C(O)[C@H]2O[C@@H](n3nc(I)c4c(=O)[nH]cnc43)C[C@@H]2O)cc1. The first-order chi connectivity index (χ1) is 20.4. The van der Waals surface area contributed by atoms with Gasteiger partial charge in [0.05, 0.1) is 32.1 Å². The van der Waals surface area contributed by atoms with E-state index in [0.29, 0.717) is 26.2 Å². The van der Waals surface area contributed by atoms with E-state index in [9.17, 15) is 15.0 Å². The molecule has 0 bridgehead atoms. The second-order valence-corrected chi connectivity index (χ2v) is 11.1. The molecule has 0 radical (unpaired) electrons. The smallest absolute Gasteiger partial charge is 0.262 e. The van der Waals surface area contributed by atoms with Gasteiger partial charge in [0.25, 0.3) is 5.56 Å². The molecule has 1 fully saturated rings. The summed E-state index contributed by atoms with van der Waals surface area (Å²) in [7, 11) is 3.20.